The smallest absolute Gasteiger partial charge is 0.147 e. The topological polar surface area (TPSA) is 43.4 Å². The first-order valence-electron chi connectivity index (χ1n) is 4.41. The lowest BCUT2D eigenvalue weighted by atomic mass is 10.1. The molecule has 0 spiro atoms. The zero-order valence-electron chi connectivity index (χ0n) is 7.60. The third kappa shape index (κ3) is 3.13. The highest BCUT2D eigenvalue weighted by Gasteiger charge is 2.08. The molecule has 2 aromatic rings. The maximum atomic E-state index is 11.5. The lowest BCUT2D eigenvalue weighted by Crippen LogP contribution is -2.04. The first-order valence-corrected chi connectivity index (χ1v) is 4.41. The highest BCUT2D eigenvalue weighted by atomic mass is 16.3. The molecule has 0 bridgehead atoms. The fourth-order valence-corrected chi connectivity index (χ4v) is 1.28. The minimum atomic E-state index is 0. The van der Waals surface area contributed by atoms with Crippen LogP contribution >= 0.6 is 0 Å². The van der Waals surface area contributed by atoms with Crippen molar-refractivity contribution in [3.63, 3.8) is 0 Å². The van der Waals surface area contributed by atoms with Crippen LogP contribution in [0.5, 0.6) is 0 Å². The second kappa shape index (κ2) is 5.20. The molecule has 15 heavy (non-hydrogen) atoms. The van der Waals surface area contributed by atoms with E-state index in [9.17, 15) is 4.79 Å². The number of carbonyl (C=O) groups is 1. The Balaban J connectivity index is 0.00000112. The summed E-state index contributed by atoms with van der Waals surface area (Å²) in [6.07, 6.45) is 3.78. The van der Waals surface area contributed by atoms with Gasteiger partial charge in [-0.25, -0.2) is 0 Å². The average molecular weight is 206 g/mol. The Morgan fingerprint density at radius 2 is 1.47 bits per heavy atom. The molecule has 2 heterocycles. The molecular formula is C12H14O3. The standard InChI is InChI=1S/C11H10O3.CH4/c12-9(7-10-3-1-5-13-10)8-11-4-2-6-14-11;/h1-6H,7-8H2;1H4. The molecule has 0 aliphatic rings. The molecule has 0 atom stereocenters. The molecule has 2 rings (SSSR count). The summed E-state index contributed by atoms with van der Waals surface area (Å²) in [6.45, 7) is 0. The van der Waals surface area contributed by atoms with Gasteiger partial charge >= 0.3 is 0 Å². The van der Waals surface area contributed by atoms with Crippen LogP contribution in [-0.4, -0.2) is 5.78 Å². The molecule has 0 aromatic carbocycles. The van der Waals surface area contributed by atoms with Crippen LogP contribution < -0.4 is 0 Å². The van der Waals surface area contributed by atoms with Crippen molar-refractivity contribution in [3.05, 3.63) is 48.3 Å². The van der Waals surface area contributed by atoms with Gasteiger partial charge in [0.2, 0.25) is 0 Å². The van der Waals surface area contributed by atoms with Crippen molar-refractivity contribution in [1.29, 1.82) is 0 Å². The monoisotopic (exact) mass is 206 g/mol. The Labute approximate surface area is 88.7 Å². The zero-order chi connectivity index (χ0) is 9.80. The third-order valence-corrected chi connectivity index (χ3v) is 1.90. The van der Waals surface area contributed by atoms with Gasteiger partial charge in [-0.2, -0.15) is 0 Å². The van der Waals surface area contributed by atoms with Crippen LogP contribution in [0.3, 0.4) is 0 Å². The van der Waals surface area contributed by atoms with Crippen molar-refractivity contribution in [2.24, 2.45) is 0 Å². The van der Waals surface area contributed by atoms with E-state index < -0.39 is 0 Å². The van der Waals surface area contributed by atoms with Crippen molar-refractivity contribution in [3.8, 4) is 0 Å². The SMILES string of the molecule is C.O=C(Cc1ccco1)Cc1ccco1. The maximum absolute atomic E-state index is 11.5. The molecule has 0 aliphatic carbocycles. The van der Waals surface area contributed by atoms with E-state index in [1.54, 1.807) is 36.8 Å². The zero-order valence-corrected chi connectivity index (χ0v) is 7.60. The number of carbonyl (C=O) groups excluding carboxylic acids is 1. The Morgan fingerprint density at radius 3 is 1.80 bits per heavy atom. The van der Waals surface area contributed by atoms with Crippen molar-refractivity contribution in [2.75, 3.05) is 0 Å². The minimum absolute atomic E-state index is 0. The van der Waals surface area contributed by atoms with Crippen LogP contribution in [0.2, 0.25) is 0 Å². The summed E-state index contributed by atoms with van der Waals surface area (Å²) >= 11 is 0. The van der Waals surface area contributed by atoms with Gasteiger partial charge in [-0.1, -0.05) is 7.43 Å². The Morgan fingerprint density at radius 1 is 1.00 bits per heavy atom. The summed E-state index contributed by atoms with van der Waals surface area (Å²) in [7, 11) is 0. The lowest BCUT2D eigenvalue weighted by molar-refractivity contribution is -0.118. The average Bonchev–Trinajstić information content (AvgIpc) is 2.76. The van der Waals surface area contributed by atoms with Crippen LogP contribution in [0.15, 0.2) is 45.6 Å². The number of hydrogen-bond acceptors (Lipinski definition) is 3. The molecule has 3 heteroatoms. The molecule has 0 radical (unpaired) electrons. The molecular weight excluding hydrogens is 192 g/mol. The van der Waals surface area contributed by atoms with Crippen LogP contribution in [-0.2, 0) is 17.6 Å². The van der Waals surface area contributed by atoms with Gasteiger partial charge in [0.1, 0.15) is 17.3 Å². The number of hydrogen-bond donors (Lipinski definition) is 0. The Bertz CT molecular complexity index is 346. The van der Waals surface area contributed by atoms with Gasteiger partial charge in [0, 0.05) is 0 Å². The van der Waals surface area contributed by atoms with Crippen molar-refractivity contribution in [2.45, 2.75) is 20.3 Å². The van der Waals surface area contributed by atoms with Crippen LogP contribution in [0.1, 0.15) is 18.9 Å². The quantitative estimate of drug-likeness (QED) is 0.772. The lowest BCUT2D eigenvalue weighted by Gasteiger charge is -1.94. The molecule has 0 N–H and O–H groups in total. The van der Waals surface area contributed by atoms with Crippen LogP contribution in [0.25, 0.3) is 0 Å². The third-order valence-electron chi connectivity index (χ3n) is 1.90. The summed E-state index contributed by atoms with van der Waals surface area (Å²) in [5, 5.41) is 0. The molecule has 0 saturated carbocycles. The van der Waals surface area contributed by atoms with Crippen LogP contribution in [0, 0.1) is 0 Å². The fraction of sp³-hybridized carbons (Fsp3) is 0.250. The first kappa shape index (κ1) is 11.3. The van der Waals surface area contributed by atoms with E-state index in [0.29, 0.717) is 24.4 Å². The molecule has 0 saturated heterocycles. The van der Waals surface area contributed by atoms with E-state index in [2.05, 4.69) is 0 Å². The second-order valence-electron chi connectivity index (χ2n) is 3.05. The predicted molar refractivity (Wildman–Crippen MR) is 56.6 cm³/mol. The van der Waals surface area contributed by atoms with Gasteiger partial charge in [-0.05, 0) is 24.3 Å². The van der Waals surface area contributed by atoms with Crippen LogP contribution in [0.4, 0.5) is 0 Å². The molecule has 3 nitrogen and oxygen atoms in total. The fourth-order valence-electron chi connectivity index (χ4n) is 1.28. The van der Waals surface area contributed by atoms with Crippen molar-refractivity contribution < 1.29 is 13.6 Å². The molecule has 0 fully saturated rings. The van der Waals surface area contributed by atoms with Crippen molar-refractivity contribution in [1.82, 2.24) is 0 Å². The predicted octanol–water partition coefficient (Wildman–Crippen LogP) is 2.86. The normalized spacial score (nSPS) is 9.60. The van der Waals surface area contributed by atoms with E-state index in [1.165, 1.54) is 0 Å². The number of furan rings is 2. The van der Waals surface area contributed by atoms with E-state index >= 15 is 0 Å². The highest BCUT2D eigenvalue weighted by molar-refractivity contribution is 5.82. The maximum Gasteiger partial charge on any atom is 0.147 e. The molecule has 80 valence electrons. The Kier molecular flexibility index (Phi) is 3.92. The number of rotatable bonds is 4. The summed E-state index contributed by atoms with van der Waals surface area (Å²) in [4.78, 5) is 11.5. The second-order valence-corrected chi connectivity index (χ2v) is 3.05. The highest BCUT2D eigenvalue weighted by Crippen LogP contribution is 2.06. The van der Waals surface area contributed by atoms with Gasteiger partial charge in [0.25, 0.3) is 0 Å². The molecule has 0 amide bonds. The number of Topliss-reactive ketones (excluding diaryl/α,β-unsaturated/α-hetero) is 1. The minimum Gasteiger partial charge on any atom is -0.469 e. The van der Waals surface area contributed by atoms with Crippen molar-refractivity contribution >= 4 is 5.78 Å². The molecule has 0 unspecified atom stereocenters. The van der Waals surface area contributed by atoms with E-state index in [0.717, 1.165) is 0 Å². The van der Waals surface area contributed by atoms with E-state index in [-0.39, 0.29) is 13.2 Å². The summed E-state index contributed by atoms with van der Waals surface area (Å²) < 4.78 is 10.1. The largest absolute Gasteiger partial charge is 0.469 e. The Hall–Kier alpha value is -1.77. The van der Waals surface area contributed by atoms with E-state index in [4.69, 9.17) is 8.83 Å². The first-order chi connectivity index (χ1) is 6.84. The van der Waals surface area contributed by atoms with Gasteiger partial charge in [0.05, 0.1) is 25.4 Å². The summed E-state index contributed by atoms with van der Waals surface area (Å²) in [6, 6.07) is 7.13. The summed E-state index contributed by atoms with van der Waals surface area (Å²) in [5.41, 5.74) is 0. The van der Waals surface area contributed by atoms with Gasteiger partial charge in [-0.3, -0.25) is 4.79 Å². The van der Waals surface area contributed by atoms with Gasteiger partial charge in [-0.15, -0.1) is 0 Å². The van der Waals surface area contributed by atoms with Gasteiger partial charge < -0.3 is 8.83 Å². The molecule has 2 aromatic heterocycles. The summed E-state index contributed by atoms with van der Waals surface area (Å²) in [5.74, 6) is 1.48. The van der Waals surface area contributed by atoms with Gasteiger partial charge in [0.15, 0.2) is 0 Å². The molecule has 0 aliphatic heterocycles. The van der Waals surface area contributed by atoms with E-state index in [1.807, 2.05) is 0 Å². The number of ketones is 1.